The Hall–Kier alpha value is -1.67. The molecular formula is C18H29N3O. The molecule has 0 heterocycles. The van der Waals surface area contributed by atoms with Crippen molar-refractivity contribution in [3.8, 4) is 5.75 Å². The van der Waals surface area contributed by atoms with Gasteiger partial charge in [0.05, 0.1) is 13.2 Å². The first-order valence-corrected chi connectivity index (χ1v) is 8.59. The van der Waals surface area contributed by atoms with E-state index in [1.165, 1.54) is 51.4 Å². The molecule has 0 bridgehead atoms. The highest BCUT2D eigenvalue weighted by Crippen LogP contribution is 2.14. The molecule has 0 spiro atoms. The van der Waals surface area contributed by atoms with E-state index in [2.05, 4.69) is 16.9 Å². The molecule has 0 atom stereocenters. The molecule has 4 heteroatoms. The number of azide groups is 1. The maximum atomic E-state index is 8.27. The van der Waals surface area contributed by atoms with Crippen molar-refractivity contribution in [2.75, 3.05) is 6.61 Å². The molecule has 1 aromatic rings. The average Bonchev–Trinajstić information content (AvgIpc) is 2.56. The molecule has 0 aliphatic heterocycles. The second kappa shape index (κ2) is 13.0. The fourth-order valence-corrected chi connectivity index (χ4v) is 2.41. The first-order valence-electron chi connectivity index (χ1n) is 8.59. The van der Waals surface area contributed by atoms with Crippen LogP contribution in [-0.4, -0.2) is 6.61 Å². The number of ether oxygens (including phenoxy) is 1. The minimum absolute atomic E-state index is 0.398. The molecule has 0 unspecified atom stereocenters. The molecule has 0 saturated carbocycles. The van der Waals surface area contributed by atoms with E-state index >= 15 is 0 Å². The van der Waals surface area contributed by atoms with Gasteiger partial charge in [0.2, 0.25) is 0 Å². The number of nitrogens with zero attached hydrogens (tertiary/aromatic N) is 3. The third kappa shape index (κ3) is 9.30. The van der Waals surface area contributed by atoms with E-state index in [0.717, 1.165) is 24.3 Å². The molecule has 0 aliphatic carbocycles. The summed E-state index contributed by atoms with van der Waals surface area (Å²) in [6.07, 6.45) is 11.9. The van der Waals surface area contributed by atoms with Crippen LogP contribution in [0.15, 0.2) is 29.4 Å². The molecule has 0 aliphatic rings. The van der Waals surface area contributed by atoms with Crippen molar-refractivity contribution in [1.82, 2.24) is 0 Å². The van der Waals surface area contributed by atoms with Crippen molar-refractivity contribution in [1.29, 1.82) is 0 Å². The zero-order valence-corrected chi connectivity index (χ0v) is 13.8. The molecule has 0 aromatic heterocycles. The summed E-state index contributed by atoms with van der Waals surface area (Å²) in [5.74, 6) is 0.893. The predicted octanol–water partition coefficient (Wildman–Crippen LogP) is 6.41. The highest BCUT2D eigenvalue weighted by molar-refractivity contribution is 5.27. The number of hydrogen-bond donors (Lipinski definition) is 0. The first-order chi connectivity index (χ1) is 10.9. The second-order valence-corrected chi connectivity index (χ2v) is 5.71. The van der Waals surface area contributed by atoms with Gasteiger partial charge in [0.25, 0.3) is 0 Å². The summed E-state index contributed by atoms with van der Waals surface area (Å²) in [5.41, 5.74) is 9.28. The lowest BCUT2D eigenvalue weighted by atomic mass is 10.1. The lowest BCUT2D eigenvalue weighted by Gasteiger charge is -2.07. The summed E-state index contributed by atoms with van der Waals surface area (Å²) in [4.78, 5) is 2.75. The molecule has 0 N–H and O–H groups in total. The van der Waals surface area contributed by atoms with Crippen LogP contribution < -0.4 is 4.74 Å². The van der Waals surface area contributed by atoms with E-state index in [-0.39, 0.29) is 0 Å². The Morgan fingerprint density at radius 3 is 2.09 bits per heavy atom. The number of hydrogen-bond acceptors (Lipinski definition) is 2. The van der Waals surface area contributed by atoms with Crippen LogP contribution in [0, 0.1) is 0 Å². The summed E-state index contributed by atoms with van der Waals surface area (Å²) in [5, 5.41) is 3.54. The smallest absolute Gasteiger partial charge is 0.119 e. The van der Waals surface area contributed by atoms with E-state index < -0.39 is 0 Å². The van der Waals surface area contributed by atoms with E-state index in [9.17, 15) is 0 Å². The fourth-order valence-electron chi connectivity index (χ4n) is 2.41. The zero-order valence-electron chi connectivity index (χ0n) is 13.8. The normalized spacial score (nSPS) is 10.2. The van der Waals surface area contributed by atoms with Gasteiger partial charge in [0, 0.05) is 4.91 Å². The van der Waals surface area contributed by atoms with Crippen LogP contribution in [-0.2, 0) is 6.54 Å². The Kier molecular flexibility index (Phi) is 10.9. The Morgan fingerprint density at radius 1 is 0.909 bits per heavy atom. The third-order valence-corrected chi connectivity index (χ3v) is 3.76. The number of unbranched alkanes of at least 4 members (excludes halogenated alkanes) is 8. The molecule has 0 fully saturated rings. The first kappa shape index (κ1) is 18.4. The van der Waals surface area contributed by atoms with Crippen LogP contribution in [0.4, 0.5) is 0 Å². The topological polar surface area (TPSA) is 58.0 Å². The van der Waals surface area contributed by atoms with Crippen LogP contribution in [0.3, 0.4) is 0 Å². The monoisotopic (exact) mass is 303 g/mol. The molecular weight excluding hydrogens is 274 g/mol. The Morgan fingerprint density at radius 2 is 1.50 bits per heavy atom. The van der Waals surface area contributed by atoms with Crippen molar-refractivity contribution in [3.63, 3.8) is 0 Å². The van der Waals surface area contributed by atoms with Gasteiger partial charge in [-0.3, -0.25) is 0 Å². The van der Waals surface area contributed by atoms with Crippen LogP contribution in [0.25, 0.3) is 10.4 Å². The van der Waals surface area contributed by atoms with Gasteiger partial charge in [0.1, 0.15) is 5.75 Å². The molecule has 4 nitrogen and oxygen atoms in total. The van der Waals surface area contributed by atoms with Crippen molar-refractivity contribution in [3.05, 3.63) is 40.3 Å². The average molecular weight is 303 g/mol. The van der Waals surface area contributed by atoms with Crippen LogP contribution >= 0.6 is 0 Å². The van der Waals surface area contributed by atoms with E-state index in [1.807, 2.05) is 24.3 Å². The number of rotatable bonds is 13. The molecule has 22 heavy (non-hydrogen) atoms. The van der Waals surface area contributed by atoms with Crippen molar-refractivity contribution in [2.24, 2.45) is 5.11 Å². The van der Waals surface area contributed by atoms with E-state index in [0.29, 0.717) is 6.54 Å². The molecule has 122 valence electrons. The Labute approximate surface area is 134 Å². The maximum Gasteiger partial charge on any atom is 0.119 e. The van der Waals surface area contributed by atoms with Crippen molar-refractivity contribution in [2.45, 2.75) is 71.3 Å². The van der Waals surface area contributed by atoms with Crippen LogP contribution in [0.5, 0.6) is 5.75 Å². The van der Waals surface area contributed by atoms with Crippen LogP contribution in [0.2, 0.25) is 0 Å². The second-order valence-electron chi connectivity index (χ2n) is 5.71. The van der Waals surface area contributed by atoms with Gasteiger partial charge in [0.15, 0.2) is 0 Å². The molecule has 1 aromatic carbocycles. The SMILES string of the molecule is CCCCCCCCCCCOc1ccc(CN=[N+]=[N-])cc1. The van der Waals surface area contributed by atoms with Crippen molar-refractivity contribution < 1.29 is 4.74 Å². The lowest BCUT2D eigenvalue weighted by molar-refractivity contribution is 0.304. The van der Waals surface area contributed by atoms with Gasteiger partial charge in [-0.15, -0.1) is 0 Å². The Balaban J connectivity index is 1.99. The summed E-state index contributed by atoms with van der Waals surface area (Å²) in [6.45, 7) is 3.44. The van der Waals surface area contributed by atoms with E-state index in [4.69, 9.17) is 10.3 Å². The van der Waals surface area contributed by atoms with Gasteiger partial charge in [-0.1, -0.05) is 75.5 Å². The highest BCUT2D eigenvalue weighted by Gasteiger charge is 1.96. The summed E-state index contributed by atoms with van der Waals surface area (Å²) in [7, 11) is 0. The van der Waals surface area contributed by atoms with Gasteiger partial charge in [-0.05, 0) is 29.6 Å². The maximum absolute atomic E-state index is 8.27. The number of benzene rings is 1. The minimum atomic E-state index is 0.398. The lowest BCUT2D eigenvalue weighted by Crippen LogP contribution is -1.97. The quantitative estimate of drug-likeness (QED) is 0.180. The van der Waals surface area contributed by atoms with Gasteiger partial charge in [-0.25, -0.2) is 0 Å². The van der Waals surface area contributed by atoms with E-state index in [1.54, 1.807) is 0 Å². The van der Waals surface area contributed by atoms with Gasteiger partial charge >= 0.3 is 0 Å². The summed E-state index contributed by atoms with van der Waals surface area (Å²) < 4.78 is 5.72. The fraction of sp³-hybridized carbons (Fsp3) is 0.667. The molecule has 1 rings (SSSR count). The highest BCUT2D eigenvalue weighted by atomic mass is 16.5. The largest absolute Gasteiger partial charge is 0.494 e. The predicted molar refractivity (Wildman–Crippen MR) is 92.0 cm³/mol. The molecule has 0 radical (unpaired) electrons. The summed E-state index contributed by atoms with van der Waals surface area (Å²) in [6, 6.07) is 7.77. The zero-order chi connectivity index (χ0) is 15.9. The third-order valence-electron chi connectivity index (χ3n) is 3.76. The minimum Gasteiger partial charge on any atom is -0.494 e. The molecule has 0 saturated heterocycles. The van der Waals surface area contributed by atoms with Crippen molar-refractivity contribution >= 4 is 0 Å². The Bertz CT molecular complexity index is 424. The van der Waals surface area contributed by atoms with Gasteiger partial charge in [-0.2, -0.15) is 0 Å². The standard InChI is InChI=1S/C18H29N3O/c1-2-3-4-5-6-7-8-9-10-15-22-18-13-11-17(12-14-18)16-20-21-19/h11-14H,2-10,15-16H2,1H3. The molecule has 0 amide bonds. The van der Waals surface area contributed by atoms with Gasteiger partial charge < -0.3 is 4.74 Å². The summed E-state index contributed by atoms with van der Waals surface area (Å²) >= 11 is 0. The van der Waals surface area contributed by atoms with Crippen LogP contribution in [0.1, 0.15) is 70.3 Å².